The number of ether oxygens (including phenoxy) is 1. The van der Waals surface area contributed by atoms with Crippen molar-refractivity contribution in [3.8, 4) is 0 Å². The predicted molar refractivity (Wildman–Crippen MR) is 72.9 cm³/mol. The zero-order valence-electron chi connectivity index (χ0n) is 10.9. The Morgan fingerprint density at radius 2 is 2.11 bits per heavy atom. The zero-order valence-corrected chi connectivity index (χ0v) is 10.9. The number of nitrogens with two attached hydrogens (primary N) is 1. The lowest BCUT2D eigenvalue weighted by Gasteiger charge is -2.37. The molecular formula is C13H17N5O. The van der Waals surface area contributed by atoms with Crippen molar-refractivity contribution in [3.05, 3.63) is 24.3 Å². The molecule has 3 rings (SSSR count). The Balaban J connectivity index is 1.93. The first-order valence-corrected chi connectivity index (χ1v) is 6.45. The van der Waals surface area contributed by atoms with Crippen LogP contribution >= 0.6 is 0 Å². The van der Waals surface area contributed by atoms with Gasteiger partial charge in [0, 0.05) is 13.1 Å². The van der Waals surface area contributed by atoms with E-state index in [4.69, 9.17) is 10.5 Å². The number of benzene rings is 1. The molecule has 1 aliphatic heterocycles. The molecule has 19 heavy (non-hydrogen) atoms. The van der Waals surface area contributed by atoms with Crippen LogP contribution in [0.15, 0.2) is 24.3 Å². The molecule has 2 unspecified atom stereocenters. The van der Waals surface area contributed by atoms with Crippen LogP contribution in [0.5, 0.6) is 0 Å². The van der Waals surface area contributed by atoms with Crippen molar-refractivity contribution in [1.82, 2.24) is 15.2 Å². The van der Waals surface area contributed by atoms with E-state index in [1.165, 1.54) is 0 Å². The molecule has 0 aliphatic carbocycles. The van der Waals surface area contributed by atoms with Crippen LogP contribution in [-0.2, 0) is 4.74 Å². The fourth-order valence-electron chi connectivity index (χ4n) is 2.23. The molecule has 2 heterocycles. The van der Waals surface area contributed by atoms with E-state index in [9.17, 15) is 0 Å². The predicted octanol–water partition coefficient (Wildman–Crippen LogP) is 0.577. The van der Waals surface area contributed by atoms with Gasteiger partial charge >= 0.3 is 0 Å². The molecular weight excluding hydrogens is 242 g/mol. The summed E-state index contributed by atoms with van der Waals surface area (Å²) in [5.74, 6) is 0.646. The molecule has 1 aromatic carbocycles. The molecule has 6 heteroatoms. The third kappa shape index (κ3) is 2.36. The van der Waals surface area contributed by atoms with E-state index in [1.54, 1.807) is 0 Å². The maximum Gasteiger partial charge on any atom is 0.246 e. The van der Waals surface area contributed by atoms with Gasteiger partial charge in [0.1, 0.15) is 5.52 Å². The van der Waals surface area contributed by atoms with E-state index in [1.807, 2.05) is 24.3 Å². The minimum atomic E-state index is 0.0336. The molecule has 6 nitrogen and oxygen atoms in total. The second-order valence-corrected chi connectivity index (χ2v) is 4.79. The highest BCUT2D eigenvalue weighted by molar-refractivity contribution is 5.74. The van der Waals surface area contributed by atoms with E-state index in [2.05, 4.69) is 27.0 Å². The van der Waals surface area contributed by atoms with Crippen LogP contribution in [0.4, 0.5) is 5.95 Å². The molecule has 2 N–H and O–H groups in total. The van der Waals surface area contributed by atoms with Gasteiger partial charge in [0.25, 0.3) is 0 Å². The summed E-state index contributed by atoms with van der Waals surface area (Å²) in [6, 6.07) is 7.96. The van der Waals surface area contributed by atoms with Crippen LogP contribution in [0.25, 0.3) is 11.0 Å². The quantitative estimate of drug-likeness (QED) is 0.850. The maximum absolute atomic E-state index is 5.67. The van der Waals surface area contributed by atoms with Gasteiger partial charge in [-0.1, -0.05) is 12.1 Å². The van der Waals surface area contributed by atoms with Gasteiger partial charge in [-0.2, -0.15) is 0 Å². The third-order valence-electron chi connectivity index (χ3n) is 3.37. The highest BCUT2D eigenvalue weighted by Gasteiger charge is 2.27. The molecule has 0 saturated carbocycles. The van der Waals surface area contributed by atoms with Gasteiger partial charge < -0.3 is 15.4 Å². The number of nitrogens with zero attached hydrogens (tertiary/aromatic N) is 4. The Bertz CT molecular complexity index is 576. The van der Waals surface area contributed by atoms with Crippen molar-refractivity contribution < 1.29 is 4.74 Å². The molecule has 1 aliphatic rings. The van der Waals surface area contributed by atoms with Crippen LogP contribution in [0, 0.1) is 0 Å². The topological polar surface area (TPSA) is 77.2 Å². The van der Waals surface area contributed by atoms with Gasteiger partial charge in [-0.15, -0.1) is 10.2 Å². The Kier molecular flexibility index (Phi) is 3.27. The van der Waals surface area contributed by atoms with Crippen molar-refractivity contribution in [3.63, 3.8) is 0 Å². The molecule has 100 valence electrons. The van der Waals surface area contributed by atoms with Gasteiger partial charge in [-0.25, -0.2) is 4.98 Å². The fourth-order valence-corrected chi connectivity index (χ4v) is 2.23. The first kappa shape index (κ1) is 12.3. The van der Waals surface area contributed by atoms with Crippen LogP contribution in [0.3, 0.4) is 0 Å². The van der Waals surface area contributed by atoms with E-state index in [0.29, 0.717) is 25.6 Å². The van der Waals surface area contributed by atoms with E-state index >= 15 is 0 Å². The lowest BCUT2D eigenvalue weighted by molar-refractivity contribution is 0.0276. The molecule has 2 aromatic rings. The van der Waals surface area contributed by atoms with Crippen molar-refractivity contribution in [2.75, 3.05) is 24.6 Å². The summed E-state index contributed by atoms with van der Waals surface area (Å²) in [7, 11) is 0. The number of hydrogen-bond acceptors (Lipinski definition) is 6. The van der Waals surface area contributed by atoms with Gasteiger partial charge in [0.2, 0.25) is 5.95 Å². The Hall–Kier alpha value is -1.79. The highest BCUT2D eigenvalue weighted by atomic mass is 16.5. The van der Waals surface area contributed by atoms with Crippen LogP contribution in [-0.4, -0.2) is 47.0 Å². The minimum Gasteiger partial charge on any atom is -0.373 e. The monoisotopic (exact) mass is 259 g/mol. The second-order valence-electron chi connectivity index (χ2n) is 4.79. The van der Waals surface area contributed by atoms with Crippen LogP contribution in [0.2, 0.25) is 0 Å². The van der Waals surface area contributed by atoms with Crippen LogP contribution in [0.1, 0.15) is 6.92 Å². The van der Waals surface area contributed by atoms with Crippen molar-refractivity contribution in [2.45, 2.75) is 19.1 Å². The molecule has 0 radical (unpaired) electrons. The lowest BCUT2D eigenvalue weighted by Crippen LogP contribution is -2.51. The summed E-state index contributed by atoms with van der Waals surface area (Å²) in [5.41, 5.74) is 7.34. The van der Waals surface area contributed by atoms with E-state index < -0.39 is 0 Å². The van der Waals surface area contributed by atoms with Gasteiger partial charge in [-0.3, -0.25) is 0 Å². The number of aromatic nitrogens is 3. The number of anilines is 1. The average molecular weight is 259 g/mol. The molecule has 1 saturated heterocycles. The number of morpholine rings is 1. The smallest absolute Gasteiger partial charge is 0.246 e. The number of rotatable bonds is 2. The lowest BCUT2D eigenvalue weighted by atomic mass is 10.2. The summed E-state index contributed by atoms with van der Waals surface area (Å²) in [4.78, 5) is 6.69. The first-order chi connectivity index (χ1) is 9.28. The zero-order chi connectivity index (χ0) is 13.2. The third-order valence-corrected chi connectivity index (χ3v) is 3.37. The number of fused-ring (bicyclic) bond motifs is 1. The van der Waals surface area contributed by atoms with Gasteiger partial charge in [-0.05, 0) is 19.1 Å². The van der Waals surface area contributed by atoms with Gasteiger partial charge in [0.15, 0.2) is 0 Å². The first-order valence-electron chi connectivity index (χ1n) is 6.45. The summed E-state index contributed by atoms with van der Waals surface area (Å²) < 4.78 is 5.64. The summed E-state index contributed by atoms with van der Waals surface area (Å²) in [6.45, 7) is 3.94. The molecule has 2 atom stereocenters. The molecule has 0 spiro atoms. The average Bonchev–Trinajstić information content (AvgIpc) is 2.47. The van der Waals surface area contributed by atoms with Crippen molar-refractivity contribution >= 4 is 17.0 Å². The Morgan fingerprint density at radius 3 is 2.89 bits per heavy atom. The van der Waals surface area contributed by atoms with Crippen molar-refractivity contribution in [1.29, 1.82) is 0 Å². The molecule has 1 fully saturated rings. The highest BCUT2D eigenvalue weighted by Crippen LogP contribution is 2.19. The molecule has 0 amide bonds. The standard InChI is InChI=1S/C13H17N5O/c1-9-8-19-10(6-14)7-18(9)13-15-11-4-2-3-5-12(11)16-17-13/h2-5,9-10H,6-8,14H2,1H3. The SMILES string of the molecule is CC1COC(CN)CN1c1nnc2ccccc2n1. The fraction of sp³-hybridized carbons (Fsp3) is 0.462. The summed E-state index contributed by atoms with van der Waals surface area (Å²) in [6.07, 6.45) is 0.0336. The largest absolute Gasteiger partial charge is 0.373 e. The maximum atomic E-state index is 5.67. The normalized spacial score (nSPS) is 23.8. The Morgan fingerprint density at radius 1 is 1.32 bits per heavy atom. The minimum absolute atomic E-state index is 0.0336. The number of hydrogen-bond donors (Lipinski definition) is 1. The van der Waals surface area contributed by atoms with E-state index in [-0.39, 0.29) is 12.1 Å². The Labute approximate surface area is 111 Å². The summed E-state index contributed by atoms with van der Waals surface area (Å²) >= 11 is 0. The number of para-hydroxylation sites is 1. The molecule has 1 aromatic heterocycles. The molecule has 0 bridgehead atoms. The second kappa shape index (κ2) is 5.07. The van der Waals surface area contributed by atoms with Crippen molar-refractivity contribution in [2.24, 2.45) is 5.73 Å². The van der Waals surface area contributed by atoms with E-state index in [0.717, 1.165) is 11.0 Å². The van der Waals surface area contributed by atoms with Crippen LogP contribution < -0.4 is 10.6 Å². The van der Waals surface area contributed by atoms with Gasteiger partial charge in [0.05, 0.1) is 24.3 Å². The summed E-state index contributed by atoms with van der Waals surface area (Å²) in [5, 5.41) is 8.43.